The number of aliphatic hydroxyl groups is 1. The molecule has 0 aliphatic carbocycles. The molecule has 0 aliphatic rings. The highest BCUT2D eigenvalue weighted by Crippen LogP contribution is 2.17. The van der Waals surface area contributed by atoms with Crippen molar-refractivity contribution < 1.29 is 13.5 Å². The van der Waals surface area contributed by atoms with Crippen molar-refractivity contribution in [1.29, 1.82) is 5.26 Å². The number of nitrogens with one attached hydrogen (secondary N) is 1. The Morgan fingerprint density at radius 1 is 1.14 bits per heavy atom. The third kappa shape index (κ3) is 4.05. The highest BCUT2D eigenvalue weighted by atomic mass is 32.2. The molecule has 21 heavy (non-hydrogen) atoms. The molecule has 0 heterocycles. The normalized spacial score (nSPS) is 12.4. The van der Waals surface area contributed by atoms with Crippen molar-refractivity contribution in [3.8, 4) is 6.07 Å². The molecule has 2 rings (SSSR count). The predicted molar refractivity (Wildman–Crippen MR) is 79.0 cm³/mol. The first kappa shape index (κ1) is 15.0. The van der Waals surface area contributed by atoms with Crippen molar-refractivity contribution in [3.05, 3.63) is 60.2 Å². The van der Waals surface area contributed by atoms with Gasteiger partial charge in [0.25, 0.3) is 10.0 Å². The fourth-order valence-electron chi connectivity index (χ4n) is 1.84. The maximum absolute atomic E-state index is 12.2. The third-order valence-corrected chi connectivity index (χ3v) is 4.21. The summed E-state index contributed by atoms with van der Waals surface area (Å²) in [6, 6.07) is 16.4. The number of nitriles is 1. The van der Waals surface area contributed by atoms with Crippen molar-refractivity contribution in [3.63, 3.8) is 0 Å². The van der Waals surface area contributed by atoms with Crippen molar-refractivity contribution >= 4 is 15.7 Å². The van der Waals surface area contributed by atoms with Gasteiger partial charge in [0, 0.05) is 12.1 Å². The van der Waals surface area contributed by atoms with Gasteiger partial charge in [-0.05, 0) is 29.8 Å². The van der Waals surface area contributed by atoms with Crippen molar-refractivity contribution in [2.24, 2.45) is 0 Å². The van der Waals surface area contributed by atoms with Gasteiger partial charge in [0.05, 0.1) is 11.0 Å². The van der Waals surface area contributed by atoms with E-state index >= 15 is 0 Å². The van der Waals surface area contributed by atoms with Crippen LogP contribution in [0.4, 0.5) is 5.69 Å². The van der Waals surface area contributed by atoms with E-state index in [-0.39, 0.29) is 11.3 Å². The summed E-state index contributed by atoms with van der Waals surface area (Å²) in [5, 5.41) is 17.9. The van der Waals surface area contributed by atoms with Gasteiger partial charge >= 0.3 is 0 Å². The third-order valence-electron chi connectivity index (χ3n) is 2.81. The van der Waals surface area contributed by atoms with E-state index in [2.05, 4.69) is 4.72 Å². The predicted octanol–water partition coefficient (Wildman–Crippen LogP) is 1.91. The van der Waals surface area contributed by atoms with Gasteiger partial charge in [0.15, 0.2) is 0 Å². The molecule has 0 saturated carbocycles. The number of anilines is 1. The number of sulfonamides is 1. The van der Waals surface area contributed by atoms with E-state index in [0.717, 1.165) is 0 Å². The molecule has 0 spiro atoms. The Morgan fingerprint density at radius 3 is 2.52 bits per heavy atom. The Hall–Kier alpha value is -2.36. The summed E-state index contributed by atoms with van der Waals surface area (Å²) >= 11 is 0. The first-order valence-electron chi connectivity index (χ1n) is 6.26. The summed E-state index contributed by atoms with van der Waals surface area (Å²) in [6.45, 7) is 0. The fourth-order valence-corrected chi connectivity index (χ4v) is 2.91. The second-order valence-electron chi connectivity index (χ2n) is 4.47. The molecule has 0 amide bonds. The lowest BCUT2D eigenvalue weighted by molar-refractivity contribution is 0.231. The summed E-state index contributed by atoms with van der Waals surface area (Å²) in [7, 11) is -3.64. The molecular formula is C15H14N2O3S. The van der Waals surface area contributed by atoms with Gasteiger partial charge in [0.2, 0.25) is 0 Å². The van der Waals surface area contributed by atoms with Gasteiger partial charge in [0.1, 0.15) is 6.10 Å². The van der Waals surface area contributed by atoms with Crippen LogP contribution in [-0.4, -0.2) is 19.6 Å². The smallest absolute Gasteiger partial charge is 0.261 e. The highest BCUT2D eigenvalue weighted by molar-refractivity contribution is 7.92. The van der Waals surface area contributed by atoms with Crippen LogP contribution in [0.1, 0.15) is 5.56 Å². The van der Waals surface area contributed by atoms with Crippen molar-refractivity contribution in [2.75, 3.05) is 4.72 Å². The average molecular weight is 302 g/mol. The number of hydrogen-bond donors (Lipinski definition) is 2. The second kappa shape index (κ2) is 6.39. The first-order valence-corrected chi connectivity index (χ1v) is 7.74. The van der Waals surface area contributed by atoms with Crippen LogP contribution in [0.3, 0.4) is 0 Å². The summed E-state index contributed by atoms with van der Waals surface area (Å²) < 4.78 is 26.8. The number of aliphatic hydroxyl groups excluding tert-OH is 1. The summed E-state index contributed by atoms with van der Waals surface area (Å²) in [4.78, 5) is 0.174. The summed E-state index contributed by atoms with van der Waals surface area (Å²) in [6.07, 6.45) is -0.955. The van der Waals surface area contributed by atoms with Crippen LogP contribution in [0.2, 0.25) is 0 Å². The Bertz CT molecular complexity index is 752. The summed E-state index contributed by atoms with van der Waals surface area (Å²) in [5.74, 6) is 0. The van der Waals surface area contributed by atoms with Gasteiger partial charge in [-0.3, -0.25) is 4.72 Å². The van der Waals surface area contributed by atoms with Crippen LogP contribution in [0.5, 0.6) is 0 Å². The molecule has 2 aromatic rings. The van der Waals surface area contributed by atoms with Crippen LogP contribution < -0.4 is 4.72 Å². The van der Waals surface area contributed by atoms with E-state index in [0.29, 0.717) is 11.3 Å². The second-order valence-corrected chi connectivity index (χ2v) is 6.15. The Labute approximate surface area is 123 Å². The molecule has 1 unspecified atom stereocenters. The minimum Gasteiger partial charge on any atom is -0.378 e. The zero-order valence-electron chi connectivity index (χ0n) is 11.1. The zero-order chi connectivity index (χ0) is 15.3. The molecule has 0 bridgehead atoms. The standard InChI is InChI=1S/C15H14N2O3S/c16-11-14(18)10-12-5-4-6-13(9-12)17-21(19,20)15-7-2-1-3-8-15/h1-9,14,17-18H,10H2. The van der Waals surface area contributed by atoms with Crippen LogP contribution in [0.15, 0.2) is 59.5 Å². The highest BCUT2D eigenvalue weighted by Gasteiger charge is 2.13. The molecule has 6 heteroatoms. The minimum atomic E-state index is -3.64. The van der Waals surface area contributed by atoms with Crippen LogP contribution in [0, 0.1) is 11.3 Å². The minimum absolute atomic E-state index is 0.150. The fraction of sp³-hybridized carbons (Fsp3) is 0.133. The average Bonchev–Trinajstić information content (AvgIpc) is 2.48. The number of nitrogens with zero attached hydrogens (tertiary/aromatic N) is 1. The molecule has 2 N–H and O–H groups in total. The van der Waals surface area contributed by atoms with Crippen LogP contribution in [0.25, 0.3) is 0 Å². The Morgan fingerprint density at radius 2 is 1.86 bits per heavy atom. The molecule has 0 fully saturated rings. The SMILES string of the molecule is N#CC(O)Cc1cccc(NS(=O)(=O)c2ccccc2)c1. The maximum atomic E-state index is 12.2. The monoisotopic (exact) mass is 302 g/mol. The van der Waals surface area contributed by atoms with Crippen molar-refractivity contribution in [1.82, 2.24) is 0 Å². The van der Waals surface area contributed by atoms with Gasteiger partial charge in [-0.2, -0.15) is 5.26 Å². The van der Waals surface area contributed by atoms with Gasteiger partial charge in [-0.1, -0.05) is 30.3 Å². The molecule has 2 aromatic carbocycles. The summed E-state index contributed by atoms with van der Waals surface area (Å²) in [5.41, 5.74) is 1.07. The molecule has 1 atom stereocenters. The zero-order valence-corrected chi connectivity index (χ0v) is 11.9. The van der Waals surface area contributed by atoms with E-state index in [9.17, 15) is 13.5 Å². The van der Waals surface area contributed by atoms with E-state index in [1.54, 1.807) is 48.5 Å². The van der Waals surface area contributed by atoms with Gasteiger partial charge in [-0.25, -0.2) is 8.42 Å². The molecule has 108 valence electrons. The Kier molecular flexibility index (Phi) is 4.58. The quantitative estimate of drug-likeness (QED) is 0.826. The number of benzene rings is 2. The Balaban J connectivity index is 2.21. The van der Waals surface area contributed by atoms with Crippen LogP contribution >= 0.6 is 0 Å². The van der Waals surface area contributed by atoms with E-state index in [4.69, 9.17) is 5.26 Å². The van der Waals surface area contributed by atoms with E-state index in [1.807, 2.05) is 0 Å². The largest absolute Gasteiger partial charge is 0.378 e. The molecule has 0 aliphatic heterocycles. The number of hydrogen-bond acceptors (Lipinski definition) is 4. The van der Waals surface area contributed by atoms with Gasteiger partial charge < -0.3 is 5.11 Å². The molecule has 0 saturated heterocycles. The first-order chi connectivity index (χ1) is 10.0. The number of rotatable bonds is 5. The van der Waals surface area contributed by atoms with E-state index < -0.39 is 16.1 Å². The topological polar surface area (TPSA) is 90.2 Å². The van der Waals surface area contributed by atoms with Crippen LogP contribution in [-0.2, 0) is 16.4 Å². The van der Waals surface area contributed by atoms with Crippen molar-refractivity contribution in [2.45, 2.75) is 17.4 Å². The maximum Gasteiger partial charge on any atom is 0.261 e. The molecule has 5 nitrogen and oxygen atoms in total. The van der Waals surface area contributed by atoms with E-state index in [1.165, 1.54) is 12.1 Å². The molecular weight excluding hydrogens is 288 g/mol. The molecule has 0 aromatic heterocycles. The lowest BCUT2D eigenvalue weighted by Crippen LogP contribution is -2.13. The molecule has 0 radical (unpaired) electrons. The van der Waals surface area contributed by atoms with Gasteiger partial charge in [-0.15, -0.1) is 0 Å². The lowest BCUT2D eigenvalue weighted by Gasteiger charge is -2.10. The lowest BCUT2D eigenvalue weighted by atomic mass is 10.1.